The number of carbonyl (C=O) groups is 2. The highest BCUT2D eigenvalue weighted by atomic mass is 32.2. The maximum absolute atomic E-state index is 13.1. The van der Waals surface area contributed by atoms with Crippen molar-refractivity contribution in [2.75, 3.05) is 32.8 Å². The molecular weight excluding hydrogens is 394 g/mol. The second-order valence-corrected chi connectivity index (χ2v) is 9.71. The molecule has 1 aromatic carbocycles. The topological polar surface area (TPSA) is 117 Å². The van der Waals surface area contributed by atoms with Crippen molar-refractivity contribution in [2.24, 2.45) is 11.8 Å². The SMILES string of the molecule is Cc1ccc(S(=O)(=O)[C@H]2CC(C(=O)N3CCOCC3)[C@H](C(=O)NCC#N)C2)cc1. The lowest BCUT2D eigenvalue weighted by atomic mass is 9.93. The average Bonchev–Trinajstić information content (AvgIpc) is 3.19. The van der Waals surface area contributed by atoms with Gasteiger partial charge in [0.05, 0.1) is 41.3 Å². The molecule has 0 spiro atoms. The lowest BCUT2D eigenvalue weighted by Gasteiger charge is -2.30. The van der Waals surface area contributed by atoms with Crippen LogP contribution in [0.4, 0.5) is 0 Å². The van der Waals surface area contributed by atoms with Crippen LogP contribution >= 0.6 is 0 Å². The van der Waals surface area contributed by atoms with Crippen LogP contribution < -0.4 is 5.32 Å². The number of rotatable bonds is 5. The molecule has 2 fully saturated rings. The van der Waals surface area contributed by atoms with Gasteiger partial charge in [0.25, 0.3) is 0 Å². The summed E-state index contributed by atoms with van der Waals surface area (Å²) in [7, 11) is -3.68. The van der Waals surface area contributed by atoms with E-state index in [1.807, 2.05) is 13.0 Å². The second kappa shape index (κ2) is 8.93. The minimum atomic E-state index is -3.68. The second-order valence-electron chi connectivity index (χ2n) is 7.48. The molecule has 3 rings (SSSR count). The first-order valence-electron chi connectivity index (χ1n) is 9.66. The number of amides is 2. The molecule has 156 valence electrons. The van der Waals surface area contributed by atoms with E-state index < -0.39 is 32.8 Å². The zero-order valence-corrected chi connectivity index (χ0v) is 17.2. The molecule has 1 aliphatic carbocycles. The Morgan fingerprint density at radius 2 is 1.79 bits per heavy atom. The lowest BCUT2D eigenvalue weighted by Crippen LogP contribution is -2.46. The van der Waals surface area contributed by atoms with Crippen molar-refractivity contribution in [2.45, 2.75) is 29.9 Å². The van der Waals surface area contributed by atoms with Gasteiger partial charge in [-0.05, 0) is 31.9 Å². The Morgan fingerprint density at radius 3 is 2.41 bits per heavy atom. The Hall–Kier alpha value is -2.44. The molecular formula is C20H25N3O5S. The van der Waals surface area contributed by atoms with Crippen LogP contribution in [0.1, 0.15) is 18.4 Å². The van der Waals surface area contributed by atoms with Crippen molar-refractivity contribution in [3.05, 3.63) is 29.8 Å². The van der Waals surface area contributed by atoms with Crippen molar-refractivity contribution in [3.8, 4) is 6.07 Å². The van der Waals surface area contributed by atoms with Crippen LogP contribution in [0.15, 0.2) is 29.2 Å². The summed E-state index contributed by atoms with van der Waals surface area (Å²) in [6.45, 7) is 3.40. The molecule has 2 amide bonds. The van der Waals surface area contributed by atoms with Gasteiger partial charge in [0, 0.05) is 13.1 Å². The molecule has 3 atom stereocenters. The Kier molecular flexibility index (Phi) is 6.55. The number of benzene rings is 1. The zero-order chi connectivity index (χ0) is 21.0. The first-order valence-corrected chi connectivity index (χ1v) is 11.2. The largest absolute Gasteiger partial charge is 0.378 e. The zero-order valence-electron chi connectivity index (χ0n) is 16.3. The molecule has 1 unspecified atom stereocenters. The van der Waals surface area contributed by atoms with Gasteiger partial charge >= 0.3 is 0 Å². The van der Waals surface area contributed by atoms with E-state index in [4.69, 9.17) is 10.00 Å². The van der Waals surface area contributed by atoms with E-state index in [1.54, 1.807) is 29.2 Å². The van der Waals surface area contributed by atoms with Crippen molar-refractivity contribution >= 4 is 21.7 Å². The summed E-state index contributed by atoms with van der Waals surface area (Å²) >= 11 is 0. The molecule has 8 nitrogen and oxygen atoms in total. The molecule has 2 aliphatic rings. The summed E-state index contributed by atoms with van der Waals surface area (Å²) in [4.78, 5) is 27.5. The van der Waals surface area contributed by atoms with Crippen LogP contribution in [0, 0.1) is 30.1 Å². The fraction of sp³-hybridized carbons (Fsp3) is 0.550. The third kappa shape index (κ3) is 4.60. The standard InChI is InChI=1S/C20H25N3O5S/c1-14-2-4-15(5-3-14)29(26,27)16-12-17(19(24)22-7-6-21)18(13-16)20(25)23-8-10-28-11-9-23/h2-5,16-18H,7-13H2,1H3,(H,22,24)/t16-,17-,18?/m1/s1. The summed E-state index contributed by atoms with van der Waals surface area (Å²) in [6.07, 6.45) is 0.158. The van der Waals surface area contributed by atoms with Crippen LogP contribution in [0.5, 0.6) is 0 Å². The first kappa shape index (κ1) is 21.3. The third-order valence-corrected chi connectivity index (χ3v) is 7.82. The average molecular weight is 420 g/mol. The molecule has 1 heterocycles. The number of nitrogens with one attached hydrogen (secondary N) is 1. The van der Waals surface area contributed by atoms with Gasteiger partial charge in [-0.2, -0.15) is 5.26 Å². The number of sulfone groups is 1. The highest BCUT2D eigenvalue weighted by Gasteiger charge is 2.48. The summed E-state index contributed by atoms with van der Waals surface area (Å²) in [5.41, 5.74) is 0.949. The summed E-state index contributed by atoms with van der Waals surface area (Å²) in [5.74, 6) is -2.16. The third-order valence-electron chi connectivity index (χ3n) is 5.63. The summed E-state index contributed by atoms with van der Waals surface area (Å²) in [6, 6.07) is 8.43. The predicted molar refractivity (Wildman–Crippen MR) is 104 cm³/mol. The first-order chi connectivity index (χ1) is 13.8. The quantitative estimate of drug-likeness (QED) is 0.701. The van der Waals surface area contributed by atoms with Crippen LogP contribution in [0.25, 0.3) is 0 Å². The van der Waals surface area contributed by atoms with E-state index in [0.29, 0.717) is 26.3 Å². The Bertz CT molecular complexity index is 901. The van der Waals surface area contributed by atoms with Gasteiger partial charge in [0.15, 0.2) is 9.84 Å². The molecule has 0 radical (unpaired) electrons. The Morgan fingerprint density at radius 1 is 1.17 bits per heavy atom. The molecule has 1 saturated carbocycles. The molecule has 0 aromatic heterocycles. The van der Waals surface area contributed by atoms with Gasteiger partial charge < -0.3 is 15.0 Å². The summed E-state index contributed by atoms with van der Waals surface area (Å²) in [5, 5.41) is 10.4. The number of nitrogens with zero attached hydrogens (tertiary/aromatic N) is 2. The molecule has 0 bridgehead atoms. The molecule has 1 N–H and O–H groups in total. The fourth-order valence-electron chi connectivity index (χ4n) is 4.00. The maximum Gasteiger partial charge on any atom is 0.226 e. The molecule has 1 saturated heterocycles. The highest BCUT2D eigenvalue weighted by molar-refractivity contribution is 7.92. The lowest BCUT2D eigenvalue weighted by molar-refractivity contribution is -0.144. The number of nitriles is 1. The van der Waals surface area contributed by atoms with Crippen LogP contribution in [0.2, 0.25) is 0 Å². The number of morpholine rings is 1. The predicted octanol–water partition coefficient (Wildman–Crippen LogP) is 0.662. The smallest absolute Gasteiger partial charge is 0.226 e. The van der Waals surface area contributed by atoms with Crippen molar-refractivity contribution in [1.29, 1.82) is 5.26 Å². The summed E-state index contributed by atoms with van der Waals surface area (Å²) < 4.78 is 31.6. The van der Waals surface area contributed by atoms with Gasteiger partial charge in [0.2, 0.25) is 11.8 Å². The number of ether oxygens (including phenoxy) is 1. The Labute approximate surface area is 170 Å². The number of carbonyl (C=O) groups excluding carboxylic acids is 2. The van der Waals surface area contributed by atoms with Crippen LogP contribution in [-0.4, -0.2) is 63.2 Å². The van der Waals surface area contributed by atoms with Crippen molar-refractivity contribution in [3.63, 3.8) is 0 Å². The molecule has 9 heteroatoms. The highest BCUT2D eigenvalue weighted by Crippen LogP contribution is 2.39. The maximum atomic E-state index is 13.1. The van der Waals surface area contributed by atoms with Crippen LogP contribution in [-0.2, 0) is 24.2 Å². The van der Waals surface area contributed by atoms with E-state index in [9.17, 15) is 18.0 Å². The molecule has 29 heavy (non-hydrogen) atoms. The van der Waals surface area contributed by atoms with Crippen molar-refractivity contribution in [1.82, 2.24) is 10.2 Å². The molecule has 1 aromatic rings. The fourth-order valence-corrected chi connectivity index (χ4v) is 5.83. The van der Waals surface area contributed by atoms with Crippen molar-refractivity contribution < 1.29 is 22.7 Å². The minimum Gasteiger partial charge on any atom is -0.378 e. The number of aryl methyl sites for hydroxylation is 1. The monoisotopic (exact) mass is 419 g/mol. The van der Waals surface area contributed by atoms with Crippen LogP contribution in [0.3, 0.4) is 0 Å². The van der Waals surface area contributed by atoms with E-state index in [1.165, 1.54) is 0 Å². The molecule has 1 aliphatic heterocycles. The Balaban J connectivity index is 1.85. The van der Waals surface area contributed by atoms with Gasteiger partial charge in [0.1, 0.15) is 6.54 Å². The van der Waals surface area contributed by atoms with Gasteiger partial charge in [-0.25, -0.2) is 8.42 Å². The van der Waals surface area contributed by atoms with E-state index in [2.05, 4.69) is 5.32 Å². The van der Waals surface area contributed by atoms with E-state index in [-0.39, 0.29) is 30.2 Å². The van der Waals surface area contributed by atoms with Gasteiger partial charge in [-0.15, -0.1) is 0 Å². The number of hydrogen-bond donors (Lipinski definition) is 1. The van der Waals surface area contributed by atoms with Gasteiger partial charge in [-0.1, -0.05) is 17.7 Å². The van der Waals surface area contributed by atoms with E-state index >= 15 is 0 Å². The van der Waals surface area contributed by atoms with Gasteiger partial charge in [-0.3, -0.25) is 9.59 Å². The number of hydrogen-bond acceptors (Lipinski definition) is 6. The normalized spacial score (nSPS) is 24.7. The minimum absolute atomic E-state index is 0.0637. The van der Waals surface area contributed by atoms with E-state index in [0.717, 1.165) is 5.56 Å².